The van der Waals surface area contributed by atoms with Gasteiger partial charge in [-0.3, -0.25) is 4.79 Å². The molecule has 5 nitrogen and oxygen atoms in total. The molecule has 1 unspecified atom stereocenters. The molecule has 0 saturated heterocycles. The fourth-order valence-corrected chi connectivity index (χ4v) is 2.70. The lowest BCUT2D eigenvalue weighted by atomic mass is 10.1. The Hall–Kier alpha value is -3.15. The van der Waals surface area contributed by atoms with Gasteiger partial charge in [0.1, 0.15) is 23.4 Å². The fourth-order valence-electron chi connectivity index (χ4n) is 2.70. The van der Waals surface area contributed by atoms with E-state index in [0.29, 0.717) is 17.1 Å². The largest absolute Gasteiger partial charge is 0.484 e. The number of nitrogens with one attached hydrogen (secondary N) is 1. The van der Waals surface area contributed by atoms with Crippen LogP contribution in [-0.2, 0) is 11.8 Å². The van der Waals surface area contributed by atoms with Crippen molar-refractivity contribution in [2.45, 2.75) is 13.0 Å². The summed E-state index contributed by atoms with van der Waals surface area (Å²) in [6, 6.07) is 13.1. The molecule has 0 aliphatic rings. The molecule has 1 heterocycles. The maximum Gasteiger partial charge on any atom is 0.258 e. The van der Waals surface area contributed by atoms with E-state index in [-0.39, 0.29) is 12.5 Å². The van der Waals surface area contributed by atoms with Crippen molar-refractivity contribution >= 4 is 5.91 Å². The van der Waals surface area contributed by atoms with Crippen LogP contribution in [0, 0.1) is 12.7 Å². The third-order valence-electron chi connectivity index (χ3n) is 4.00. The molecule has 1 aromatic heterocycles. The lowest BCUT2D eigenvalue weighted by Gasteiger charge is -2.20. The number of hydrogen-bond acceptors (Lipinski definition) is 3. The Labute approximate surface area is 151 Å². The molecule has 2 aromatic carbocycles. The number of aryl methyl sites for hydroxylation is 2. The van der Waals surface area contributed by atoms with E-state index in [4.69, 9.17) is 4.74 Å². The van der Waals surface area contributed by atoms with E-state index in [2.05, 4.69) is 10.3 Å². The Morgan fingerprint density at radius 2 is 2.08 bits per heavy atom. The van der Waals surface area contributed by atoms with Crippen molar-refractivity contribution in [2.24, 2.45) is 7.05 Å². The molecule has 1 atom stereocenters. The van der Waals surface area contributed by atoms with Gasteiger partial charge in [0.05, 0.1) is 0 Å². The van der Waals surface area contributed by atoms with E-state index in [9.17, 15) is 9.18 Å². The van der Waals surface area contributed by atoms with Crippen LogP contribution in [0.5, 0.6) is 5.75 Å². The van der Waals surface area contributed by atoms with Crippen LogP contribution in [0.2, 0.25) is 0 Å². The second kappa shape index (κ2) is 7.82. The highest BCUT2D eigenvalue weighted by Crippen LogP contribution is 2.23. The topological polar surface area (TPSA) is 56.1 Å². The van der Waals surface area contributed by atoms with Gasteiger partial charge in [-0.1, -0.05) is 30.3 Å². The summed E-state index contributed by atoms with van der Waals surface area (Å²) in [4.78, 5) is 16.7. The first-order valence-electron chi connectivity index (χ1n) is 8.25. The van der Waals surface area contributed by atoms with Crippen molar-refractivity contribution < 1.29 is 13.9 Å². The van der Waals surface area contributed by atoms with Gasteiger partial charge < -0.3 is 14.6 Å². The zero-order chi connectivity index (χ0) is 18.5. The summed E-state index contributed by atoms with van der Waals surface area (Å²) < 4.78 is 21.6. The Morgan fingerprint density at radius 3 is 2.77 bits per heavy atom. The lowest BCUT2D eigenvalue weighted by Crippen LogP contribution is -2.35. The number of halogens is 1. The van der Waals surface area contributed by atoms with Crippen LogP contribution in [0.4, 0.5) is 4.39 Å². The molecule has 26 heavy (non-hydrogen) atoms. The summed E-state index contributed by atoms with van der Waals surface area (Å²) in [6.45, 7) is 1.78. The number of nitrogens with zero attached hydrogens (tertiary/aromatic N) is 2. The highest BCUT2D eigenvalue weighted by atomic mass is 19.1. The summed E-state index contributed by atoms with van der Waals surface area (Å²) >= 11 is 0. The van der Waals surface area contributed by atoms with Gasteiger partial charge in [-0.05, 0) is 30.7 Å². The van der Waals surface area contributed by atoms with Crippen LogP contribution in [0.25, 0.3) is 0 Å². The van der Waals surface area contributed by atoms with Crippen molar-refractivity contribution in [1.82, 2.24) is 14.9 Å². The second-order valence-corrected chi connectivity index (χ2v) is 6.02. The Morgan fingerprint density at radius 1 is 1.27 bits per heavy atom. The number of benzene rings is 2. The summed E-state index contributed by atoms with van der Waals surface area (Å²) in [7, 11) is 1.80. The van der Waals surface area contributed by atoms with E-state index in [0.717, 1.165) is 5.56 Å². The van der Waals surface area contributed by atoms with Crippen LogP contribution >= 0.6 is 0 Å². The number of imidazole rings is 1. The Kier molecular flexibility index (Phi) is 5.31. The highest BCUT2D eigenvalue weighted by molar-refractivity contribution is 5.78. The molecule has 134 valence electrons. The van der Waals surface area contributed by atoms with Gasteiger partial charge in [0.25, 0.3) is 5.91 Å². The number of carbonyl (C=O) groups excluding carboxylic acids is 1. The van der Waals surface area contributed by atoms with Gasteiger partial charge in [-0.25, -0.2) is 9.37 Å². The predicted molar refractivity (Wildman–Crippen MR) is 96.3 cm³/mol. The maximum atomic E-state index is 14.3. The molecule has 0 spiro atoms. The predicted octanol–water partition coefficient (Wildman–Crippen LogP) is 3.15. The van der Waals surface area contributed by atoms with Crippen molar-refractivity contribution in [3.8, 4) is 5.75 Å². The Balaban J connectivity index is 1.77. The summed E-state index contributed by atoms with van der Waals surface area (Å²) in [5.41, 5.74) is 1.39. The van der Waals surface area contributed by atoms with Crippen LogP contribution in [-0.4, -0.2) is 22.1 Å². The average molecular weight is 353 g/mol. The molecular weight excluding hydrogens is 333 g/mol. The number of amides is 1. The number of ether oxygens (including phenoxy) is 1. The van der Waals surface area contributed by atoms with Gasteiger partial charge in [0, 0.05) is 25.0 Å². The summed E-state index contributed by atoms with van der Waals surface area (Å²) in [5.74, 6) is 0.391. The van der Waals surface area contributed by atoms with Crippen LogP contribution in [0.15, 0.2) is 60.9 Å². The molecule has 3 aromatic rings. The second-order valence-electron chi connectivity index (χ2n) is 6.02. The molecule has 1 amide bonds. The van der Waals surface area contributed by atoms with Gasteiger partial charge in [-0.15, -0.1) is 0 Å². The quantitative estimate of drug-likeness (QED) is 0.741. The maximum absolute atomic E-state index is 14.3. The van der Waals surface area contributed by atoms with Crippen LogP contribution in [0.3, 0.4) is 0 Å². The molecule has 0 saturated carbocycles. The SMILES string of the molecule is Cc1cccc(OCC(=O)NC(c2ccccc2F)c2nccn2C)c1. The zero-order valence-corrected chi connectivity index (χ0v) is 14.6. The number of rotatable bonds is 6. The Bertz CT molecular complexity index is 907. The van der Waals surface area contributed by atoms with Gasteiger partial charge >= 0.3 is 0 Å². The van der Waals surface area contributed by atoms with Crippen molar-refractivity contribution in [3.63, 3.8) is 0 Å². The first-order valence-corrected chi connectivity index (χ1v) is 8.25. The number of aromatic nitrogens is 2. The molecule has 0 aliphatic carbocycles. The van der Waals surface area contributed by atoms with Gasteiger partial charge in [0.2, 0.25) is 0 Å². The average Bonchev–Trinajstić information content (AvgIpc) is 3.04. The molecular formula is C20H20FN3O2. The van der Waals surface area contributed by atoms with Crippen LogP contribution in [0.1, 0.15) is 23.0 Å². The minimum absolute atomic E-state index is 0.168. The van der Waals surface area contributed by atoms with E-state index >= 15 is 0 Å². The first kappa shape index (κ1) is 17.7. The normalized spacial score (nSPS) is 11.8. The van der Waals surface area contributed by atoms with E-state index in [1.807, 2.05) is 25.1 Å². The third kappa shape index (κ3) is 4.08. The number of carbonyl (C=O) groups is 1. The van der Waals surface area contributed by atoms with E-state index in [1.165, 1.54) is 6.07 Å². The third-order valence-corrected chi connectivity index (χ3v) is 4.00. The standard InChI is InChI=1S/C20H20FN3O2/c1-14-6-5-7-15(12-14)26-13-18(25)23-19(20-22-10-11-24(20)2)16-8-3-4-9-17(16)21/h3-12,19H,13H2,1-2H3,(H,23,25). The minimum atomic E-state index is -0.704. The molecule has 0 radical (unpaired) electrons. The summed E-state index contributed by atoms with van der Waals surface area (Å²) in [5, 5.41) is 2.81. The first-order chi connectivity index (χ1) is 12.5. The molecule has 6 heteroatoms. The smallest absolute Gasteiger partial charge is 0.258 e. The summed E-state index contributed by atoms with van der Waals surface area (Å²) in [6.07, 6.45) is 3.36. The fraction of sp³-hybridized carbons (Fsp3) is 0.200. The molecule has 1 N–H and O–H groups in total. The number of hydrogen-bond donors (Lipinski definition) is 1. The lowest BCUT2D eigenvalue weighted by molar-refractivity contribution is -0.123. The zero-order valence-electron chi connectivity index (χ0n) is 14.6. The molecule has 3 rings (SSSR count). The van der Waals surface area contributed by atoms with Crippen molar-refractivity contribution in [2.75, 3.05) is 6.61 Å². The van der Waals surface area contributed by atoms with Crippen LogP contribution < -0.4 is 10.1 Å². The van der Waals surface area contributed by atoms with Crippen molar-refractivity contribution in [1.29, 1.82) is 0 Å². The van der Waals surface area contributed by atoms with Gasteiger partial charge in [-0.2, -0.15) is 0 Å². The minimum Gasteiger partial charge on any atom is -0.484 e. The highest BCUT2D eigenvalue weighted by Gasteiger charge is 2.23. The van der Waals surface area contributed by atoms with E-state index in [1.54, 1.807) is 48.3 Å². The monoisotopic (exact) mass is 353 g/mol. The molecule has 0 bridgehead atoms. The van der Waals surface area contributed by atoms with E-state index < -0.39 is 11.9 Å². The molecule has 0 fully saturated rings. The molecule has 0 aliphatic heterocycles. The van der Waals surface area contributed by atoms with Gasteiger partial charge in [0.15, 0.2) is 6.61 Å². The van der Waals surface area contributed by atoms with Crippen molar-refractivity contribution in [3.05, 3.63) is 83.7 Å².